The summed E-state index contributed by atoms with van der Waals surface area (Å²) in [6.07, 6.45) is 4.87. The highest BCUT2D eigenvalue weighted by Gasteiger charge is 2.19. The zero-order valence-corrected chi connectivity index (χ0v) is 15.1. The van der Waals surface area contributed by atoms with Gasteiger partial charge in [-0.25, -0.2) is 18.1 Å². The average molecular weight is 382 g/mol. The fourth-order valence-corrected chi connectivity index (χ4v) is 3.36. The third-order valence-electron chi connectivity index (χ3n) is 3.69. The number of carbonyl (C=O) groups excluding carboxylic acids is 1. The third-order valence-corrected chi connectivity index (χ3v) is 5.29. The fourth-order valence-electron chi connectivity index (χ4n) is 2.39. The van der Waals surface area contributed by atoms with Gasteiger partial charge in [0.15, 0.2) is 0 Å². The van der Waals surface area contributed by atoms with E-state index in [0.717, 1.165) is 5.65 Å². The molecule has 0 radical (unpaired) electrons. The fraction of sp³-hybridized carbons (Fsp3) is 0.200. The normalized spacial score (nSPS) is 11.8. The van der Waals surface area contributed by atoms with Gasteiger partial charge >= 0.3 is 0 Å². The molecule has 2 N–H and O–H groups in total. The summed E-state index contributed by atoms with van der Waals surface area (Å²) in [6, 6.07) is 4.84. The summed E-state index contributed by atoms with van der Waals surface area (Å²) in [5.74, 6) is -0.393. The number of carbonyl (C=O) groups is 1. The van der Waals surface area contributed by atoms with Gasteiger partial charge in [-0.15, -0.1) is 0 Å². The molecule has 0 aliphatic carbocycles. The molecule has 0 saturated carbocycles. The molecule has 25 heavy (non-hydrogen) atoms. The molecule has 0 spiro atoms. The molecule has 0 aliphatic rings. The molecule has 3 aromatic rings. The van der Waals surface area contributed by atoms with Gasteiger partial charge in [0.05, 0.1) is 17.3 Å². The van der Waals surface area contributed by atoms with Crippen LogP contribution in [0.4, 0.5) is 0 Å². The highest BCUT2D eigenvalue weighted by molar-refractivity contribution is 7.89. The lowest BCUT2D eigenvalue weighted by Crippen LogP contribution is -2.24. The Hall–Kier alpha value is -2.36. The summed E-state index contributed by atoms with van der Waals surface area (Å²) in [7, 11) is -0.676. The highest BCUT2D eigenvalue weighted by Crippen LogP contribution is 2.14. The zero-order chi connectivity index (χ0) is 18.2. The number of sulfonamides is 1. The Morgan fingerprint density at radius 2 is 2.04 bits per heavy atom. The maximum atomic E-state index is 12.3. The molecule has 1 amide bonds. The van der Waals surface area contributed by atoms with Gasteiger partial charge in [0.2, 0.25) is 10.0 Å². The Bertz CT molecular complexity index is 1050. The molecular weight excluding hydrogens is 366 g/mol. The second-order valence-electron chi connectivity index (χ2n) is 5.41. The van der Waals surface area contributed by atoms with E-state index in [1.54, 1.807) is 36.0 Å². The number of aromatic nitrogens is 3. The number of hydrogen-bond acceptors (Lipinski definition) is 4. The number of aryl methyl sites for hydroxylation is 1. The number of imidazole rings is 1. The number of hydrogen-bond donors (Lipinski definition) is 2. The van der Waals surface area contributed by atoms with Crippen LogP contribution >= 0.6 is 11.6 Å². The van der Waals surface area contributed by atoms with E-state index in [9.17, 15) is 13.2 Å². The first kappa shape index (κ1) is 17.5. The Balaban J connectivity index is 1.76. The van der Waals surface area contributed by atoms with Crippen LogP contribution in [-0.4, -0.2) is 35.3 Å². The summed E-state index contributed by atoms with van der Waals surface area (Å²) in [5, 5.41) is 3.32. The van der Waals surface area contributed by atoms with Crippen LogP contribution in [0, 0.1) is 0 Å². The second kappa shape index (κ2) is 6.51. The van der Waals surface area contributed by atoms with Gasteiger partial charge in [0.1, 0.15) is 16.2 Å². The Morgan fingerprint density at radius 1 is 1.28 bits per heavy atom. The summed E-state index contributed by atoms with van der Waals surface area (Å²) in [4.78, 5) is 16.7. The first-order valence-corrected chi connectivity index (χ1v) is 9.17. The van der Waals surface area contributed by atoms with Crippen LogP contribution in [0.25, 0.3) is 5.65 Å². The minimum atomic E-state index is -3.60. The molecule has 3 aromatic heterocycles. The monoisotopic (exact) mass is 381 g/mol. The number of pyridine rings is 1. The first-order chi connectivity index (χ1) is 11.8. The molecular formula is C15H16ClN5O3S. The number of halogens is 1. The zero-order valence-electron chi connectivity index (χ0n) is 13.5. The van der Waals surface area contributed by atoms with E-state index in [1.165, 1.54) is 23.9 Å². The van der Waals surface area contributed by atoms with Crippen LogP contribution in [0.2, 0.25) is 5.02 Å². The Morgan fingerprint density at radius 3 is 2.76 bits per heavy atom. The third kappa shape index (κ3) is 3.53. The highest BCUT2D eigenvalue weighted by atomic mass is 35.5. The van der Waals surface area contributed by atoms with E-state index in [-0.39, 0.29) is 17.1 Å². The quantitative estimate of drug-likeness (QED) is 0.693. The summed E-state index contributed by atoms with van der Waals surface area (Å²) in [5.41, 5.74) is 1.61. The van der Waals surface area contributed by atoms with Crippen LogP contribution in [0.15, 0.2) is 41.7 Å². The molecule has 3 rings (SSSR count). The summed E-state index contributed by atoms with van der Waals surface area (Å²) < 4.78 is 29.1. The molecule has 8 nitrogen and oxygen atoms in total. The van der Waals surface area contributed by atoms with E-state index in [2.05, 4.69) is 15.0 Å². The number of nitrogens with zero attached hydrogens (tertiary/aromatic N) is 3. The lowest BCUT2D eigenvalue weighted by atomic mass is 10.4. The molecule has 0 aromatic carbocycles. The van der Waals surface area contributed by atoms with Crippen molar-refractivity contribution in [2.24, 2.45) is 7.05 Å². The van der Waals surface area contributed by atoms with Crippen molar-refractivity contribution in [3.63, 3.8) is 0 Å². The number of fused-ring (bicyclic) bond motifs is 1. The van der Waals surface area contributed by atoms with Crippen molar-refractivity contribution in [3.8, 4) is 0 Å². The Kier molecular flexibility index (Phi) is 4.55. The molecule has 0 fully saturated rings. The predicted octanol–water partition coefficient (Wildman–Crippen LogP) is 1.16. The summed E-state index contributed by atoms with van der Waals surface area (Å²) >= 11 is 5.93. The largest absolute Gasteiger partial charge is 0.345 e. The van der Waals surface area contributed by atoms with Gasteiger partial charge in [-0.1, -0.05) is 11.6 Å². The standard InChI is InChI=1S/C15H16ClN5O3S/c1-17-25(23,24)12-5-13(20(2)9-12)15(22)18-6-11-8-21-7-10(16)3-4-14(21)19-11/h3-5,7-9,17H,6H2,1-2H3,(H,18,22). The van der Waals surface area contributed by atoms with Crippen LogP contribution < -0.4 is 10.0 Å². The topological polar surface area (TPSA) is 97.5 Å². The van der Waals surface area contributed by atoms with Crippen molar-refractivity contribution in [1.29, 1.82) is 0 Å². The van der Waals surface area contributed by atoms with Crippen molar-refractivity contribution in [3.05, 3.63) is 53.2 Å². The van der Waals surface area contributed by atoms with Crippen LogP contribution in [0.3, 0.4) is 0 Å². The maximum Gasteiger partial charge on any atom is 0.268 e. The van der Waals surface area contributed by atoms with Gasteiger partial charge < -0.3 is 14.3 Å². The molecule has 10 heteroatoms. The van der Waals surface area contributed by atoms with Crippen molar-refractivity contribution >= 4 is 33.2 Å². The van der Waals surface area contributed by atoms with Gasteiger partial charge in [-0.2, -0.15) is 0 Å². The van der Waals surface area contributed by atoms with Crippen LogP contribution in [-0.2, 0) is 23.6 Å². The van der Waals surface area contributed by atoms with Crippen molar-refractivity contribution in [2.45, 2.75) is 11.4 Å². The van der Waals surface area contributed by atoms with Gasteiger partial charge in [-0.3, -0.25) is 4.79 Å². The molecule has 0 saturated heterocycles. The van der Waals surface area contributed by atoms with Crippen molar-refractivity contribution < 1.29 is 13.2 Å². The van der Waals surface area contributed by atoms with Crippen LogP contribution in [0.1, 0.15) is 16.2 Å². The maximum absolute atomic E-state index is 12.3. The number of rotatable bonds is 5. The SMILES string of the molecule is CNS(=O)(=O)c1cc(C(=O)NCc2cn3cc(Cl)ccc3n2)n(C)c1. The molecule has 3 heterocycles. The van der Waals surface area contributed by atoms with Crippen molar-refractivity contribution in [2.75, 3.05) is 7.05 Å². The average Bonchev–Trinajstić information content (AvgIpc) is 3.15. The first-order valence-electron chi connectivity index (χ1n) is 7.31. The Labute approximate surface area is 149 Å². The second-order valence-corrected chi connectivity index (χ2v) is 7.73. The molecule has 0 unspecified atom stereocenters. The van der Waals surface area contributed by atoms with Gasteiger partial charge in [-0.05, 0) is 25.2 Å². The predicted molar refractivity (Wildman–Crippen MR) is 93.0 cm³/mol. The van der Waals surface area contributed by atoms with E-state index in [4.69, 9.17) is 11.6 Å². The smallest absolute Gasteiger partial charge is 0.268 e. The number of nitrogens with one attached hydrogen (secondary N) is 2. The molecule has 0 aliphatic heterocycles. The number of amides is 1. The molecule has 0 bridgehead atoms. The van der Waals surface area contributed by atoms with E-state index >= 15 is 0 Å². The molecule has 0 atom stereocenters. The van der Waals surface area contributed by atoms with E-state index in [1.807, 2.05) is 0 Å². The summed E-state index contributed by atoms with van der Waals surface area (Å²) in [6.45, 7) is 0.206. The lowest BCUT2D eigenvalue weighted by Gasteiger charge is -2.03. The van der Waals surface area contributed by atoms with Crippen LogP contribution in [0.5, 0.6) is 0 Å². The molecule has 132 valence electrons. The minimum Gasteiger partial charge on any atom is -0.345 e. The van der Waals surface area contributed by atoms with E-state index in [0.29, 0.717) is 10.7 Å². The van der Waals surface area contributed by atoms with Gasteiger partial charge in [0.25, 0.3) is 5.91 Å². The van der Waals surface area contributed by atoms with E-state index < -0.39 is 15.9 Å². The minimum absolute atomic E-state index is 0.0324. The van der Waals surface area contributed by atoms with Crippen molar-refractivity contribution in [1.82, 2.24) is 24.0 Å². The van der Waals surface area contributed by atoms with Gasteiger partial charge in [0, 0.05) is 25.6 Å². The lowest BCUT2D eigenvalue weighted by molar-refractivity contribution is 0.0942.